The molecule has 0 aliphatic rings. The van der Waals surface area contributed by atoms with E-state index in [9.17, 15) is 18.0 Å². The van der Waals surface area contributed by atoms with Gasteiger partial charge in [-0.25, -0.2) is 8.42 Å². The summed E-state index contributed by atoms with van der Waals surface area (Å²) in [7, 11) is -4.13. The van der Waals surface area contributed by atoms with E-state index in [0.717, 1.165) is 33.8 Å². The maximum atomic E-state index is 13.9. The average Bonchev–Trinajstić information content (AvgIpc) is 2.94. The summed E-state index contributed by atoms with van der Waals surface area (Å²) in [6.45, 7) is 7.85. The van der Waals surface area contributed by atoms with Gasteiger partial charge in [0.1, 0.15) is 12.6 Å². The number of carbonyl (C=O) groups is 2. The molecule has 9 heteroatoms. The summed E-state index contributed by atoms with van der Waals surface area (Å²) in [6.07, 6.45) is 2.28. The van der Waals surface area contributed by atoms with Crippen molar-refractivity contribution in [1.29, 1.82) is 0 Å². The Kier molecular flexibility index (Phi) is 11.2. The molecular formula is C31H38ClN3O4S. The molecule has 40 heavy (non-hydrogen) atoms. The molecule has 1 atom stereocenters. The van der Waals surface area contributed by atoms with Crippen LogP contribution in [0.25, 0.3) is 0 Å². The number of nitrogens with one attached hydrogen (secondary N) is 1. The molecular weight excluding hydrogens is 546 g/mol. The van der Waals surface area contributed by atoms with Crippen LogP contribution in [-0.4, -0.2) is 50.8 Å². The van der Waals surface area contributed by atoms with Gasteiger partial charge in [-0.3, -0.25) is 13.9 Å². The number of anilines is 1. The van der Waals surface area contributed by atoms with E-state index in [2.05, 4.69) is 5.32 Å². The third kappa shape index (κ3) is 8.08. The second kappa shape index (κ2) is 14.3. The quantitative estimate of drug-likeness (QED) is 0.268. The van der Waals surface area contributed by atoms with Gasteiger partial charge in [0, 0.05) is 18.1 Å². The molecule has 0 unspecified atom stereocenters. The van der Waals surface area contributed by atoms with Crippen LogP contribution < -0.4 is 9.62 Å². The number of amides is 2. The Bertz CT molecular complexity index is 1400. The van der Waals surface area contributed by atoms with Gasteiger partial charge in [-0.05, 0) is 86.7 Å². The molecule has 0 aliphatic carbocycles. The van der Waals surface area contributed by atoms with Crippen LogP contribution >= 0.6 is 11.6 Å². The normalized spacial score (nSPS) is 12.0. The Labute approximate surface area is 243 Å². The van der Waals surface area contributed by atoms with Gasteiger partial charge < -0.3 is 10.2 Å². The van der Waals surface area contributed by atoms with E-state index in [1.54, 1.807) is 19.1 Å². The zero-order chi connectivity index (χ0) is 29.3. The first-order valence-electron chi connectivity index (χ1n) is 13.5. The molecule has 0 fully saturated rings. The maximum Gasteiger partial charge on any atom is 0.264 e. The fourth-order valence-electron chi connectivity index (χ4n) is 4.25. The molecule has 0 aliphatic heterocycles. The Morgan fingerprint density at radius 1 is 0.950 bits per heavy atom. The highest BCUT2D eigenvalue weighted by molar-refractivity contribution is 7.92. The molecule has 0 aromatic heterocycles. The number of benzene rings is 3. The molecule has 0 bridgehead atoms. The zero-order valence-corrected chi connectivity index (χ0v) is 25.1. The Morgan fingerprint density at radius 3 is 2.25 bits per heavy atom. The number of nitrogens with zero attached hydrogens (tertiary/aromatic N) is 2. The van der Waals surface area contributed by atoms with Crippen molar-refractivity contribution in [3.05, 3.63) is 94.5 Å². The minimum Gasteiger partial charge on any atom is -0.354 e. The van der Waals surface area contributed by atoms with Crippen LogP contribution in [0.1, 0.15) is 43.4 Å². The van der Waals surface area contributed by atoms with Gasteiger partial charge in [0.05, 0.1) is 10.6 Å². The van der Waals surface area contributed by atoms with Crippen LogP contribution in [0.2, 0.25) is 5.02 Å². The van der Waals surface area contributed by atoms with Crippen LogP contribution in [0.15, 0.2) is 77.7 Å². The Balaban J connectivity index is 1.97. The zero-order valence-electron chi connectivity index (χ0n) is 23.6. The third-order valence-corrected chi connectivity index (χ3v) is 8.98. The molecule has 1 N–H and O–H groups in total. The van der Waals surface area contributed by atoms with Gasteiger partial charge >= 0.3 is 0 Å². The number of aryl methyl sites for hydroxylation is 2. The van der Waals surface area contributed by atoms with Gasteiger partial charge in [-0.1, -0.05) is 61.3 Å². The minimum atomic E-state index is -4.13. The van der Waals surface area contributed by atoms with Gasteiger partial charge in [-0.15, -0.1) is 0 Å². The van der Waals surface area contributed by atoms with Gasteiger partial charge in [-0.2, -0.15) is 0 Å². The largest absolute Gasteiger partial charge is 0.354 e. The van der Waals surface area contributed by atoms with E-state index in [-0.39, 0.29) is 17.3 Å². The molecule has 3 rings (SSSR count). The SMILES string of the molecule is CCCCNC(=O)[C@H](C)N(CCc1ccccc1)C(=O)CN(c1ccc(C)c(C)c1)S(=O)(=O)c1ccc(Cl)cc1. The van der Waals surface area contributed by atoms with Crippen molar-refractivity contribution in [3.63, 3.8) is 0 Å². The number of sulfonamides is 1. The molecule has 2 amide bonds. The van der Waals surface area contributed by atoms with E-state index < -0.39 is 28.5 Å². The Hall–Kier alpha value is -3.36. The Morgan fingerprint density at radius 2 is 1.62 bits per heavy atom. The first-order chi connectivity index (χ1) is 19.0. The molecule has 0 saturated carbocycles. The number of hydrogen-bond donors (Lipinski definition) is 1. The lowest BCUT2D eigenvalue weighted by Gasteiger charge is -2.32. The van der Waals surface area contributed by atoms with Crippen molar-refractivity contribution in [3.8, 4) is 0 Å². The van der Waals surface area contributed by atoms with Crippen molar-refractivity contribution < 1.29 is 18.0 Å². The lowest BCUT2D eigenvalue weighted by atomic mass is 10.1. The molecule has 0 saturated heterocycles. The first kappa shape index (κ1) is 31.2. The molecule has 0 heterocycles. The van der Waals surface area contributed by atoms with Crippen LogP contribution in [0.5, 0.6) is 0 Å². The van der Waals surface area contributed by atoms with Crippen LogP contribution in [-0.2, 0) is 26.0 Å². The second-order valence-corrected chi connectivity index (χ2v) is 12.2. The minimum absolute atomic E-state index is 0.0177. The van der Waals surface area contributed by atoms with Crippen LogP contribution in [0, 0.1) is 13.8 Å². The number of carbonyl (C=O) groups excluding carboxylic acids is 2. The molecule has 3 aromatic rings. The number of unbranched alkanes of at least 4 members (excludes halogenated alkanes) is 1. The van der Waals surface area contributed by atoms with E-state index in [4.69, 9.17) is 11.6 Å². The lowest BCUT2D eigenvalue weighted by molar-refractivity contribution is -0.138. The monoisotopic (exact) mass is 583 g/mol. The van der Waals surface area contributed by atoms with Crippen molar-refractivity contribution >= 4 is 39.1 Å². The standard InChI is InChI=1S/C31H38ClN3O4S/c1-5-6-19-33-31(37)25(4)34(20-18-26-10-8-7-9-11-26)30(36)22-35(28-15-12-23(2)24(3)21-28)40(38,39)29-16-13-27(32)14-17-29/h7-17,21,25H,5-6,18-20,22H2,1-4H3,(H,33,37)/t25-/m0/s1. The predicted molar refractivity (Wildman–Crippen MR) is 161 cm³/mol. The van der Waals surface area contributed by atoms with Crippen molar-refractivity contribution in [2.45, 2.75) is 57.9 Å². The van der Waals surface area contributed by atoms with Gasteiger partial charge in [0.15, 0.2) is 0 Å². The first-order valence-corrected chi connectivity index (χ1v) is 15.3. The highest BCUT2D eigenvalue weighted by Crippen LogP contribution is 2.27. The predicted octanol–water partition coefficient (Wildman–Crippen LogP) is 5.53. The van der Waals surface area contributed by atoms with E-state index in [0.29, 0.717) is 23.7 Å². The summed E-state index contributed by atoms with van der Waals surface area (Å²) in [5.41, 5.74) is 3.28. The van der Waals surface area contributed by atoms with Gasteiger partial charge in [0.2, 0.25) is 11.8 Å². The van der Waals surface area contributed by atoms with Crippen molar-refractivity contribution in [2.24, 2.45) is 0 Å². The summed E-state index contributed by atoms with van der Waals surface area (Å²) >= 11 is 6.01. The summed E-state index contributed by atoms with van der Waals surface area (Å²) in [5, 5.41) is 3.31. The third-order valence-electron chi connectivity index (χ3n) is 6.94. The fraction of sp³-hybridized carbons (Fsp3) is 0.355. The smallest absolute Gasteiger partial charge is 0.264 e. The number of halogens is 1. The maximum absolute atomic E-state index is 13.9. The van der Waals surface area contributed by atoms with Crippen molar-refractivity contribution in [1.82, 2.24) is 10.2 Å². The second-order valence-electron chi connectivity index (χ2n) is 9.88. The molecule has 214 valence electrons. The number of hydrogen-bond acceptors (Lipinski definition) is 4. The highest BCUT2D eigenvalue weighted by Gasteiger charge is 2.32. The van der Waals surface area contributed by atoms with Gasteiger partial charge in [0.25, 0.3) is 10.0 Å². The topological polar surface area (TPSA) is 86.8 Å². The fourth-order valence-corrected chi connectivity index (χ4v) is 5.78. The summed E-state index contributed by atoms with van der Waals surface area (Å²) < 4.78 is 28.9. The molecule has 0 radical (unpaired) electrons. The van der Waals surface area contributed by atoms with E-state index in [1.807, 2.05) is 57.2 Å². The average molecular weight is 584 g/mol. The van der Waals surface area contributed by atoms with Crippen LogP contribution in [0.4, 0.5) is 5.69 Å². The van der Waals surface area contributed by atoms with Crippen molar-refractivity contribution in [2.75, 3.05) is 23.9 Å². The van der Waals surface area contributed by atoms with E-state index in [1.165, 1.54) is 29.2 Å². The van der Waals surface area contributed by atoms with E-state index >= 15 is 0 Å². The molecule has 0 spiro atoms. The molecule has 7 nitrogen and oxygen atoms in total. The number of rotatable bonds is 13. The summed E-state index contributed by atoms with van der Waals surface area (Å²) in [6, 6.07) is 20.0. The summed E-state index contributed by atoms with van der Waals surface area (Å²) in [5.74, 6) is -0.738. The lowest BCUT2D eigenvalue weighted by Crippen LogP contribution is -2.52. The van der Waals surface area contributed by atoms with Crippen LogP contribution in [0.3, 0.4) is 0 Å². The highest BCUT2D eigenvalue weighted by atomic mass is 35.5. The summed E-state index contributed by atoms with van der Waals surface area (Å²) in [4.78, 5) is 28.4. The molecule has 3 aromatic carbocycles.